The Balaban J connectivity index is 1.66. The topological polar surface area (TPSA) is 86.4 Å². The molecule has 4 rings (SSSR count). The Morgan fingerprint density at radius 1 is 1.12 bits per heavy atom. The first-order chi connectivity index (χ1) is 16.0. The number of nitrogens with zero attached hydrogens (tertiary/aromatic N) is 4. The first-order valence-electron chi connectivity index (χ1n) is 11.9. The molecule has 2 N–H and O–H groups in total. The number of aromatic amines is 1. The number of morpholine rings is 1. The number of hydrogen-bond acceptors (Lipinski definition) is 6. The third kappa shape index (κ3) is 5.11. The lowest BCUT2D eigenvalue weighted by atomic mass is 10.1. The Hall–Kier alpha value is -3.13. The SMILES string of the molecule is CCCN(CCC)c1nc(C(=O)Nc2ccc3[nH]c(C)c(C)c3c2)cc(N2CCOCC2)n1. The maximum Gasteiger partial charge on any atom is 0.274 e. The number of amides is 1. The molecule has 1 aliphatic rings. The molecule has 1 fully saturated rings. The Kier molecular flexibility index (Phi) is 7.13. The first kappa shape index (κ1) is 23.0. The van der Waals surface area contributed by atoms with Crippen LogP contribution < -0.4 is 15.1 Å². The van der Waals surface area contributed by atoms with Crippen LogP contribution in [0, 0.1) is 13.8 Å². The van der Waals surface area contributed by atoms with Crippen LogP contribution in [-0.4, -0.2) is 60.3 Å². The lowest BCUT2D eigenvalue weighted by molar-refractivity contribution is 0.102. The second-order valence-electron chi connectivity index (χ2n) is 8.59. The molecule has 2 aromatic heterocycles. The summed E-state index contributed by atoms with van der Waals surface area (Å²) in [6.07, 6.45) is 1.98. The normalized spacial score (nSPS) is 14.0. The van der Waals surface area contributed by atoms with E-state index in [2.05, 4.69) is 52.8 Å². The van der Waals surface area contributed by atoms with E-state index in [-0.39, 0.29) is 5.91 Å². The monoisotopic (exact) mass is 450 g/mol. The Bertz CT molecular complexity index is 1110. The van der Waals surface area contributed by atoms with Gasteiger partial charge in [0.25, 0.3) is 5.91 Å². The summed E-state index contributed by atoms with van der Waals surface area (Å²) in [5.41, 5.74) is 4.52. The highest BCUT2D eigenvalue weighted by atomic mass is 16.5. The number of anilines is 3. The first-order valence-corrected chi connectivity index (χ1v) is 11.9. The Labute approximate surface area is 195 Å². The number of aromatic nitrogens is 3. The van der Waals surface area contributed by atoms with E-state index >= 15 is 0 Å². The predicted molar refractivity (Wildman–Crippen MR) is 134 cm³/mol. The second-order valence-corrected chi connectivity index (χ2v) is 8.59. The van der Waals surface area contributed by atoms with Gasteiger partial charge < -0.3 is 24.8 Å². The molecule has 0 bridgehead atoms. The summed E-state index contributed by atoms with van der Waals surface area (Å²) >= 11 is 0. The molecule has 33 heavy (non-hydrogen) atoms. The van der Waals surface area contributed by atoms with Crippen molar-refractivity contribution in [1.82, 2.24) is 15.0 Å². The van der Waals surface area contributed by atoms with Gasteiger partial charge in [-0.05, 0) is 50.5 Å². The molecule has 1 aromatic carbocycles. The lowest BCUT2D eigenvalue weighted by Crippen LogP contribution is -2.37. The van der Waals surface area contributed by atoms with Gasteiger partial charge in [0.2, 0.25) is 5.95 Å². The van der Waals surface area contributed by atoms with E-state index in [1.165, 1.54) is 5.56 Å². The zero-order valence-corrected chi connectivity index (χ0v) is 20.1. The molecule has 1 aliphatic heterocycles. The van der Waals surface area contributed by atoms with E-state index in [1.54, 1.807) is 6.07 Å². The fourth-order valence-electron chi connectivity index (χ4n) is 4.22. The summed E-state index contributed by atoms with van der Waals surface area (Å²) in [5, 5.41) is 4.15. The minimum Gasteiger partial charge on any atom is -0.378 e. The van der Waals surface area contributed by atoms with Crippen molar-refractivity contribution in [1.29, 1.82) is 0 Å². The van der Waals surface area contributed by atoms with Crippen molar-refractivity contribution in [2.24, 2.45) is 0 Å². The van der Waals surface area contributed by atoms with Crippen molar-refractivity contribution >= 4 is 34.3 Å². The molecule has 0 unspecified atom stereocenters. The number of rotatable bonds is 8. The van der Waals surface area contributed by atoms with Gasteiger partial charge in [0, 0.05) is 54.5 Å². The zero-order chi connectivity index (χ0) is 23.4. The molecule has 0 atom stereocenters. The van der Waals surface area contributed by atoms with Crippen molar-refractivity contribution in [3.8, 4) is 0 Å². The molecule has 8 heteroatoms. The summed E-state index contributed by atoms with van der Waals surface area (Å²) in [4.78, 5) is 30.5. The molecule has 8 nitrogen and oxygen atoms in total. The van der Waals surface area contributed by atoms with Crippen LogP contribution in [0.15, 0.2) is 24.3 Å². The summed E-state index contributed by atoms with van der Waals surface area (Å²) < 4.78 is 5.50. The second kappa shape index (κ2) is 10.2. The van der Waals surface area contributed by atoms with E-state index in [1.807, 2.05) is 18.2 Å². The number of hydrogen-bond donors (Lipinski definition) is 2. The van der Waals surface area contributed by atoms with Crippen LogP contribution in [-0.2, 0) is 4.74 Å². The average molecular weight is 451 g/mol. The molecule has 0 aliphatic carbocycles. The average Bonchev–Trinajstić information content (AvgIpc) is 3.12. The molecule has 176 valence electrons. The fourth-order valence-corrected chi connectivity index (χ4v) is 4.22. The molecule has 1 amide bonds. The van der Waals surface area contributed by atoms with E-state index in [9.17, 15) is 4.79 Å². The van der Waals surface area contributed by atoms with Gasteiger partial charge in [-0.15, -0.1) is 0 Å². The number of fused-ring (bicyclic) bond motifs is 1. The van der Waals surface area contributed by atoms with Crippen LogP contribution >= 0.6 is 0 Å². The highest BCUT2D eigenvalue weighted by molar-refractivity contribution is 6.04. The quantitative estimate of drug-likeness (QED) is 0.532. The Morgan fingerprint density at radius 2 is 1.85 bits per heavy atom. The van der Waals surface area contributed by atoms with Gasteiger partial charge in [0.05, 0.1) is 13.2 Å². The van der Waals surface area contributed by atoms with Crippen LogP contribution in [0.3, 0.4) is 0 Å². The van der Waals surface area contributed by atoms with Crippen LogP contribution in [0.1, 0.15) is 48.4 Å². The molecule has 3 heterocycles. The Morgan fingerprint density at radius 3 is 2.55 bits per heavy atom. The molecule has 3 aromatic rings. The van der Waals surface area contributed by atoms with Crippen LogP contribution in [0.5, 0.6) is 0 Å². The maximum absolute atomic E-state index is 13.3. The zero-order valence-electron chi connectivity index (χ0n) is 20.1. The van der Waals surface area contributed by atoms with E-state index in [0.29, 0.717) is 24.9 Å². The van der Waals surface area contributed by atoms with Gasteiger partial charge in [-0.2, -0.15) is 4.98 Å². The third-order valence-corrected chi connectivity index (χ3v) is 6.10. The van der Waals surface area contributed by atoms with Gasteiger partial charge >= 0.3 is 0 Å². The predicted octanol–water partition coefficient (Wildman–Crippen LogP) is 4.29. The number of carbonyl (C=O) groups is 1. The third-order valence-electron chi connectivity index (χ3n) is 6.10. The van der Waals surface area contributed by atoms with Gasteiger partial charge in [-0.3, -0.25) is 4.79 Å². The van der Waals surface area contributed by atoms with Gasteiger partial charge in [-0.1, -0.05) is 13.8 Å². The number of aryl methyl sites for hydroxylation is 2. The smallest absolute Gasteiger partial charge is 0.274 e. The number of nitrogens with one attached hydrogen (secondary N) is 2. The van der Waals surface area contributed by atoms with Crippen molar-refractivity contribution in [3.05, 3.63) is 41.2 Å². The van der Waals surface area contributed by atoms with Crippen LogP contribution in [0.25, 0.3) is 10.9 Å². The molecule has 0 radical (unpaired) electrons. The summed E-state index contributed by atoms with van der Waals surface area (Å²) in [6, 6.07) is 7.72. The van der Waals surface area contributed by atoms with E-state index in [4.69, 9.17) is 9.72 Å². The summed E-state index contributed by atoms with van der Waals surface area (Å²) in [7, 11) is 0. The molecule has 1 saturated heterocycles. The minimum absolute atomic E-state index is 0.231. The summed E-state index contributed by atoms with van der Waals surface area (Å²) in [6.45, 7) is 12.9. The molecule has 0 saturated carbocycles. The highest BCUT2D eigenvalue weighted by Gasteiger charge is 2.20. The van der Waals surface area contributed by atoms with Gasteiger partial charge in [0.15, 0.2) is 0 Å². The van der Waals surface area contributed by atoms with E-state index in [0.717, 1.165) is 67.1 Å². The minimum atomic E-state index is -0.231. The maximum atomic E-state index is 13.3. The van der Waals surface area contributed by atoms with Crippen molar-refractivity contribution in [2.45, 2.75) is 40.5 Å². The fraction of sp³-hybridized carbons (Fsp3) is 0.480. The van der Waals surface area contributed by atoms with Crippen molar-refractivity contribution in [2.75, 3.05) is 54.5 Å². The number of benzene rings is 1. The largest absolute Gasteiger partial charge is 0.378 e. The molecular weight excluding hydrogens is 416 g/mol. The van der Waals surface area contributed by atoms with Crippen LogP contribution in [0.4, 0.5) is 17.5 Å². The highest BCUT2D eigenvalue weighted by Crippen LogP contribution is 2.25. The number of carbonyl (C=O) groups excluding carboxylic acids is 1. The van der Waals surface area contributed by atoms with E-state index < -0.39 is 0 Å². The van der Waals surface area contributed by atoms with Crippen LogP contribution in [0.2, 0.25) is 0 Å². The van der Waals surface area contributed by atoms with Gasteiger partial charge in [0.1, 0.15) is 11.5 Å². The van der Waals surface area contributed by atoms with Crippen molar-refractivity contribution < 1.29 is 9.53 Å². The van der Waals surface area contributed by atoms with Gasteiger partial charge in [-0.25, -0.2) is 4.98 Å². The number of H-pyrrole nitrogens is 1. The lowest BCUT2D eigenvalue weighted by Gasteiger charge is -2.29. The van der Waals surface area contributed by atoms with Crippen molar-refractivity contribution in [3.63, 3.8) is 0 Å². The number of ether oxygens (including phenoxy) is 1. The summed E-state index contributed by atoms with van der Waals surface area (Å²) in [5.74, 6) is 1.16. The molecular formula is C25H34N6O2. The molecule has 0 spiro atoms. The standard InChI is InChI=1S/C25H34N6O2/c1-5-9-31(10-6-2)25-28-22(16-23(29-25)30-11-13-33-14-12-30)24(32)27-19-7-8-21-20(15-19)17(3)18(4)26-21/h7-8,15-16,26H,5-6,9-14H2,1-4H3,(H,27,32).